The van der Waals surface area contributed by atoms with Crippen molar-refractivity contribution in [3.63, 3.8) is 0 Å². The first kappa shape index (κ1) is 23.1. The van der Waals surface area contributed by atoms with Crippen molar-refractivity contribution >= 4 is 17.7 Å². The Labute approximate surface area is 189 Å². The summed E-state index contributed by atoms with van der Waals surface area (Å²) in [6.45, 7) is 8.72. The molecule has 2 aromatic carbocycles. The number of aryl methyl sites for hydroxylation is 1. The second kappa shape index (κ2) is 10.2. The molecular weight excluding hydrogens is 402 g/mol. The summed E-state index contributed by atoms with van der Waals surface area (Å²) in [7, 11) is 3.23. The first-order valence-electron chi connectivity index (χ1n) is 10.7. The maximum Gasteiger partial charge on any atom is 0.248 e. The Hall–Kier alpha value is -3.54. The van der Waals surface area contributed by atoms with Crippen LogP contribution in [0.25, 0.3) is 6.08 Å². The highest BCUT2D eigenvalue weighted by molar-refractivity contribution is 6.02. The van der Waals surface area contributed by atoms with Gasteiger partial charge in [0.25, 0.3) is 0 Å². The fourth-order valence-electron chi connectivity index (χ4n) is 3.51. The van der Waals surface area contributed by atoms with Crippen LogP contribution in [-0.4, -0.2) is 29.9 Å². The summed E-state index contributed by atoms with van der Waals surface area (Å²) in [4.78, 5) is 12.5. The topological polar surface area (TPSA) is 65.4 Å². The number of aromatic nitrogens is 2. The van der Waals surface area contributed by atoms with Gasteiger partial charge in [0.2, 0.25) is 5.91 Å². The lowest BCUT2D eigenvalue weighted by molar-refractivity contribution is -0.111. The number of amides is 1. The zero-order valence-corrected chi connectivity index (χ0v) is 19.6. The molecule has 3 aromatic rings. The van der Waals surface area contributed by atoms with Gasteiger partial charge in [0.05, 0.1) is 37.8 Å². The second-order valence-electron chi connectivity index (χ2n) is 8.04. The van der Waals surface area contributed by atoms with Crippen molar-refractivity contribution < 1.29 is 14.3 Å². The van der Waals surface area contributed by atoms with Crippen molar-refractivity contribution in [2.75, 3.05) is 19.5 Å². The van der Waals surface area contributed by atoms with Crippen LogP contribution < -0.4 is 14.8 Å². The minimum absolute atomic E-state index is 0.185. The first-order valence-corrected chi connectivity index (χ1v) is 10.7. The van der Waals surface area contributed by atoms with E-state index in [-0.39, 0.29) is 5.91 Å². The number of hydrogen-bond acceptors (Lipinski definition) is 4. The van der Waals surface area contributed by atoms with Crippen molar-refractivity contribution in [1.82, 2.24) is 9.78 Å². The van der Waals surface area contributed by atoms with Gasteiger partial charge in [-0.1, -0.05) is 44.2 Å². The van der Waals surface area contributed by atoms with Crippen LogP contribution in [-0.2, 0) is 11.3 Å². The molecule has 0 spiro atoms. The number of ether oxygens (including phenoxy) is 2. The molecule has 6 nitrogen and oxygen atoms in total. The molecule has 0 saturated heterocycles. The van der Waals surface area contributed by atoms with Gasteiger partial charge in [-0.2, -0.15) is 5.10 Å². The summed E-state index contributed by atoms with van der Waals surface area (Å²) in [5.74, 6) is 1.66. The normalized spacial score (nSPS) is 11.2. The molecule has 0 unspecified atom stereocenters. The molecule has 0 saturated carbocycles. The summed E-state index contributed by atoms with van der Waals surface area (Å²) in [6.07, 6.45) is 3.37. The lowest BCUT2D eigenvalue weighted by atomic mass is 10.0. The van der Waals surface area contributed by atoms with Crippen LogP contribution >= 0.6 is 0 Å². The van der Waals surface area contributed by atoms with Crippen LogP contribution in [0.1, 0.15) is 47.8 Å². The van der Waals surface area contributed by atoms with Gasteiger partial charge in [0, 0.05) is 6.08 Å². The number of hydrogen-bond donors (Lipinski definition) is 1. The van der Waals surface area contributed by atoms with E-state index in [1.54, 1.807) is 20.3 Å². The molecule has 0 atom stereocenters. The van der Waals surface area contributed by atoms with Crippen LogP contribution in [0.3, 0.4) is 0 Å². The molecule has 168 valence electrons. The maximum atomic E-state index is 12.5. The zero-order valence-electron chi connectivity index (χ0n) is 19.6. The minimum Gasteiger partial charge on any atom is -0.493 e. The van der Waals surface area contributed by atoms with Gasteiger partial charge in [-0.15, -0.1) is 0 Å². The maximum absolute atomic E-state index is 12.5. The lowest BCUT2D eigenvalue weighted by Gasteiger charge is -2.10. The van der Waals surface area contributed by atoms with E-state index >= 15 is 0 Å². The van der Waals surface area contributed by atoms with Gasteiger partial charge in [0.1, 0.15) is 0 Å². The zero-order chi connectivity index (χ0) is 23.3. The number of rotatable bonds is 8. The van der Waals surface area contributed by atoms with Gasteiger partial charge in [-0.3, -0.25) is 9.48 Å². The van der Waals surface area contributed by atoms with Crippen LogP contribution in [0, 0.1) is 13.8 Å². The Morgan fingerprint density at radius 1 is 1.06 bits per heavy atom. The van der Waals surface area contributed by atoms with Gasteiger partial charge < -0.3 is 14.8 Å². The highest BCUT2D eigenvalue weighted by Crippen LogP contribution is 2.28. The number of anilines is 1. The van der Waals surface area contributed by atoms with Crippen LogP contribution in [0.15, 0.2) is 48.5 Å². The van der Waals surface area contributed by atoms with E-state index in [0.29, 0.717) is 24.0 Å². The quantitative estimate of drug-likeness (QED) is 0.487. The molecule has 0 radical (unpaired) electrons. The van der Waals surface area contributed by atoms with Crippen LogP contribution in [0.5, 0.6) is 11.5 Å². The van der Waals surface area contributed by atoms with Crippen LogP contribution in [0.4, 0.5) is 5.69 Å². The molecule has 6 heteroatoms. The van der Waals surface area contributed by atoms with Gasteiger partial charge in [0.15, 0.2) is 11.5 Å². The molecular formula is C26H31N3O3. The highest BCUT2D eigenvalue weighted by atomic mass is 16.5. The molecule has 0 aliphatic rings. The second-order valence-corrected chi connectivity index (χ2v) is 8.04. The predicted octanol–water partition coefficient (Wildman–Crippen LogP) is 5.34. The highest BCUT2D eigenvalue weighted by Gasteiger charge is 2.14. The third-order valence-electron chi connectivity index (χ3n) is 5.44. The lowest BCUT2D eigenvalue weighted by Crippen LogP contribution is -2.10. The first-order chi connectivity index (χ1) is 15.3. The predicted molar refractivity (Wildman–Crippen MR) is 129 cm³/mol. The van der Waals surface area contributed by atoms with E-state index in [1.165, 1.54) is 5.56 Å². The summed E-state index contributed by atoms with van der Waals surface area (Å²) < 4.78 is 12.6. The SMILES string of the molecule is COc1ccc(Cn2nc(C)c(NC(=O)/C=C/c3ccc(C(C)C)cc3)c2C)cc1OC. The van der Waals surface area contributed by atoms with Crippen LogP contribution in [0.2, 0.25) is 0 Å². The van der Waals surface area contributed by atoms with Crippen molar-refractivity contribution in [3.05, 3.63) is 76.6 Å². The average Bonchev–Trinajstić information content (AvgIpc) is 3.05. The standard InChI is InChI=1S/C26H31N3O3/c1-17(2)22-11-7-20(8-12-22)10-14-25(30)27-26-18(3)28-29(19(26)4)16-21-9-13-23(31-5)24(15-21)32-6/h7-15,17H,16H2,1-6H3,(H,27,30)/b14-10+. The third kappa shape index (κ3) is 5.38. The van der Waals surface area contributed by atoms with Crippen molar-refractivity contribution in [2.45, 2.75) is 40.2 Å². The number of carbonyl (C=O) groups excluding carboxylic acids is 1. The fraction of sp³-hybridized carbons (Fsp3) is 0.308. The molecule has 1 heterocycles. The summed E-state index contributed by atoms with van der Waals surface area (Å²) >= 11 is 0. The molecule has 1 N–H and O–H groups in total. The molecule has 0 bridgehead atoms. The van der Waals surface area contributed by atoms with Gasteiger partial charge >= 0.3 is 0 Å². The van der Waals surface area contributed by atoms with Gasteiger partial charge in [-0.05, 0) is 54.7 Å². The molecule has 0 aliphatic carbocycles. The van der Waals surface area contributed by atoms with Gasteiger partial charge in [-0.25, -0.2) is 0 Å². The number of methoxy groups -OCH3 is 2. The molecule has 1 amide bonds. The molecule has 32 heavy (non-hydrogen) atoms. The summed E-state index contributed by atoms with van der Waals surface area (Å²) in [5.41, 5.74) is 5.68. The molecule has 1 aromatic heterocycles. The molecule has 3 rings (SSSR count). The number of nitrogens with zero attached hydrogens (tertiary/aromatic N) is 2. The summed E-state index contributed by atoms with van der Waals surface area (Å²) in [5, 5.41) is 7.58. The monoisotopic (exact) mass is 433 g/mol. The number of carbonyl (C=O) groups is 1. The largest absolute Gasteiger partial charge is 0.493 e. The van der Waals surface area contributed by atoms with Crippen molar-refractivity contribution in [3.8, 4) is 11.5 Å². The smallest absolute Gasteiger partial charge is 0.248 e. The molecule has 0 aliphatic heterocycles. The Balaban J connectivity index is 1.71. The van der Waals surface area contributed by atoms with E-state index in [1.807, 2.05) is 54.9 Å². The van der Waals surface area contributed by atoms with Crippen molar-refractivity contribution in [2.24, 2.45) is 0 Å². The minimum atomic E-state index is -0.185. The number of benzene rings is 2. The Morgan fingerprint density at radius 3 is 2.38 bits per heavy atom. The average molecular weight is 434 g/mol. The van der Waals surface area contributed by atoms with E-state index in [0.717, 1.165) is 28.2 Å². The Bertz CT molecular complexity index is 1110. The van der Waals surface area contributed by atoms with E-state index < -0.39 is 0 Å². The van der Waals surface area contributed by atoms with E-state index in [4.69, 9.17) is 9.47 Å². The Kier molecular flexibility index (Phi) is 7.36. The van der Waals surface area contributed by atoms with Crippen molar-refractivity contribution in [1.29, 1.82) is 0 Å². The summed E-state index contributed by atoms with van der Waals surface area (Å²) in [6, 6.07) is 14.0. The van der Waals surface area contributed by atoms with E-state index in [9.17, 15) is 4.79 Å². The third-order valence-corrected chi connectivity index (χ3v) is 5.44. The number of nitrogens with one attached hydrogen (secondary N) is 1. The Morgan fingerprint density at radius 2 is 1.75 bits per heavy atom. The fourth-order valence-corrected chi connectivity index (χ4v) is 3.51. The van der Waals surface area contributed by atoms with E-state index in [2.05, 4.69) is 36.4 Å². The molecule has 0 fully saturated rings.